The molecule has 0 fully saturated rings. The topological polar surface area (TPSA) is 80.3 Å². The highest BCUT2D eigenvalue weighted by Crippen LogP contribution is 2.02. The summed E-state index contributed by atoms with van der Waals surface area (Å²) in [5.74, 6) is -0.111. The van der Waals surface area contributed by atoms with Crippen LogP contribution in [0.2, 0.25) is 0 Å². The van der Waals surface area contributed by atoms with E-state index in [4.69, 9.17) is 0 Å². The Labute approximate surface area is 106 Å². The number of hydrogen-bond donors (Lipinski definition) is 1. The van der Waals surface area contributed by atoms with Gasteiger partial charge in [-0.15, -0.1) is 0 Å². The molecule has 0 saturated heterocycles. The molecule has 0 aliphatic heterocycles. The van der Waals surface area contributed by atoms with Crippen molar-refractivity contribution in [3.05, 3.63) is 35.9 Å². The third-order valence-corrected chi connectivity index (χ3v) is 3.75. The first-order valence-corrected chi connectivity index (χ1v) is 7.15. The van der Waals surface area contributed by atoms with Gasteiger partial charge in [0.15, 0.2) is 0 Å². The first-order chi connectivity index (χ1) is 8.57. The van der Waals surface area contributed by atoms with Crippen molar-refractivity contribution in [2.75, 3.05) is 5.75 Å². The molecule has 1 aromatic carbocycles. The molecule has 1 N–H and O–H groups in total. The average molecular weight is 269 g/mol. The fourth-order valence-electron chi connectivity index (χ4n) is 1.42. The number of aldehydes is 2. The molecule has 0 saturated carbocycles. The number of sulfonamides is 1. The van der Waals surface area contributed by atoms with E-state index in [0.29, 0.717) is 19.0 Å². The quantitative estimate of drug-likeness (QED) is 0.688. The minimum atomic E-state index is -3.55. The number of hydrogen-bond acceptors (Lipinski definition) is 4. The van der Waals surface area contributed by atoms with Crippen molar-refractivity contribution in [2.45, 2.75) is 18.9 Å². The Kier molecular flexibility index (Phi) is 5.67. The van der Waals surface area contributed by atoms with E-state index in [-0.39, 0.29) is 12.2 Å². The lowest BCUT2D eigenvalue weighted by molar-refractivity contribution is -0.113. The van der Waals surface area contributed by atoms with Gasteiger partial charge in [-0.2, -0.15) is 0 Å². The molecule has 1 aromatic rings. The second kappa shape index (κ2) is 7.03. The number of nitrogens with one attached hydrogen (secondary N) is 1. The van der Waals surface area contributed by atoms with Gasteiger partial charge >= 0.3 is 0 Å². The smallest absolute Gasteiger partial charge is 0.212 e. The van der Waals surface area contributed by atoms with Crippen molar-refractivity contribution in [2.24, 2.45) is 0 Å². The third-order valence-electron chi connectivity index (χ3n) is 2.35. The molecule has 0 aliphatic carbocycles. The van der Waals surface area contributed by atoms with Crippen LogP contribution < -0.4 is 4.72 Å². The second-order valence-electron chi connectivity index (χ2n) is 3.82. The van der Waals surface area contributed by atoms with Crippen molar-refractivity contribution in [1.29, 1.82) is 0 Å². The molecule has 0 unspecified atom stereocenters. The monoisotopic (exact) mass is 269 g/mol. The normalized spacial score (nSPS) is 12.9. The molecule has 98 valence electrons. The summed E-state index contributed by atoms with van der Waals surface area (Å²) in [4.78, 5) is 20.8. The van der Waals surface area contributed by atoms with E-state index in [1.807, 2.05) is 30.3 Å². The van der Waals surface area contributed by atoms with Crippen LogP contribution in [0.25, 0.3) is 0 Å². The molecular weight excluding hydrogens is 254 g/mol. The summed E-state index contributed by atoms with van der Waals surface area (Å²) in [6, 6.07) is 8.20. The van der Waals surface area contributed by atoms with E-state index in [0.717, 1.165) is 5.56 Å². The lowest BCUT2D eigenvalue weighted by atomic mass is 10.2. The van der Waals surface area contributed by atoms with Crippen LogP contribution in [0.3, 0.4) is 0 Å². The fourth-order valence-corrected chi connectivity index (χ4v) is 2.66. The van der Waals surface area contributed by atoms with E-state index in [2.05, 4.69) is 4.72 Å². The van der Waals surface area contributed by atoms with Gasteiger partial charge in [-0.25, -0.2) is 13.1 Å². The number of benzene rings is 1. The van der Waals surface area contributed by atoms with Crippen LogP contribution in [0.4, 0.5) is 0 Å². The van der Waals surface area contributed by atoms with Crippen LogP contribution in [-0.2, 0) is 26.0 Å². The molecule has 0 bridgehead atoms. The van der Waals surface area contributed by atoms with Crippen LogP contribution in [0.1, 0.15) is 12.0 Å². The van der Waals surface area contributed by atoms with Crippen molar-refractivity contribution in [1.82, 2.24) is 4.72 Å². The zero-order valence-electron chi connectivity index (χ0n) is 9.78. The van der Waals surface area contributed by atoms with Crippen molar-refractivity contribution in [3.63, 3.8) is 0 Å². The maximum atomic E-state index is 11.7. The standard InChI is InChI=1S/C12H15NO4S/c14-8-6-12(10-15)13-18(16,17)9-7-11-4-2-1-3-5-11/h1-5,8,10,12-13H,6-7,9H2/t12-/m0/s1. The summed E-state index contributed by atoms with van der Waals surface area (Å²) in [5, 5.41) is 0. The Morgan fingerprint density at radius 3 is 2.39 bits per heavy atom. The van der Waals surface area contributed by atoms with Gasteiger partial charge in [-0.05, 0) is 12.0 Å². The molecule has 0 heterocycles. The Morgan fingerprint density at radius 1 is 1.17 bits per heavy atom. The van der Waals surface area contributed by atoms with Crippen LogP contribution in [0, 0.1) is 0 Å². The van der Waals surface area contributed by atoms with E-state index in [9.17, 15) is 18.0 Å². The van der Waals surface area contributed by atoms with E-state index >= 15 is 0 Å². The van der Waals surface area contributed by atoms with E-state index in [1.165, 1.54) is 0 Å². The number of rotatable bonds is 8. The number of carbonyl (C=O) groups is 2. The minimum Gasteiger partial charge on any atom is -0.303 e. The summed E-state index contributed by atoms with van der Waals surface area (Å²) in [5.41, 5.74) is 0.904. The number of aryl methyl sites for hydroxylation is 1. The predicted molar refractivity (Wildman–Crippen MR) is 67.6 cm³/mol. The summed E-state index contributed by atoms with van der Waals surface area (Å²) >= 11 is 0. The van der Waals surface area contributed by atoms with Crippen LogP contribution in [0.15, 0.2) is 30.3 Å². The Morgan fingerprint density at radius 2 is 1.83 bits per heavy atom. The van der Waals surface area contributed by atoms with Gasteiger partial charge in [0.1, 0.15) is 12.6 Å². The van der Waals surface area contributed by atoms with Crippen molar-refractivity contribution in [3.8, 4) is 0 Å². The highest BCUT2D eigenvalue weighted by molar-refractivity contribution is 7.89. The highest BCUT2D eigenvalue weighted by atomic mass is 32.2. The third kappa shape index (κ3) is 5.20. The summed E-state index contributed by atoms with van der Waals surface area (Å²) in [6.45, 7) is 0. The fraction of sp³-hybridized carbons (Fsp3) is 0.333. The Hall–Kier alpha value is -1.53. The van der Waals surface area contributed by atoms with Gasteiger partial charge in [0.25, 0.3) is 0 Å². The first kappa shape index (κ1) is 14.5. The number of carbonyl (C=O) groups excluding carboxylic acids is 2. The zero-order valence-corrected chi connectivity index (χ0v) is 10.6. The Balaban J connectivity index is 2.54. The first-order valence-electron chi connectivity index (χ1n) is 5.50. The van der Waals surface area contributed by atoms with E-state index in [1.54, 1.807) is 0 Å². The lowest BCUT2D eigenvalue weighted by Gasteiger charge is -2.10. The van der Waals surface area contributed by atoms with Gasteiger partial charge < -0.3 is 9.59 Å². The molecular formula is C12H15NO4S. The van der Waals surface area contributed by atoms with Crippen LogP contribution >= 0.6 is 0 Å². The summed E-state index contributed by atoms with van der Waals surface area (Å²) in [6.07, 6.45) is 1.16. The van der Waals surface area contributed by atoms with Crippen molar-refractivity contribution >= 4 is 22.6 Å². The van der Waals surface area contributed by atoms with Gasteiger partial charge in [-0.1, -0.05) is 30.3 Å². The highest BCUT2D eigenvalue weighted by Gasteiger charge is 2.16. The average Bonchev–Trinajstić information content (AvgIpc) is 2.37. The second-order valence-corrected chi connectivity index (χ2v) is 5.69. The SMILES string of the molecule is O=CC[C@@H](C=O)NS(=O)(=O)CCc1ccccc1. The largest absolute Gasteiger partial charge is 0.303 e. The molecule has 0 spiro atoms. The maximum Gasteiger partial charge on any atom is 0.212 e. The predicted octanol–water partition coefficient (Wildman–Crippen LogP) is 0.305. The zero-order chi connectivity index (χ0) is 13.4. The summed E-state index contributed by atoms with van der Waals surface area (Å²) in [7, 11) is -3.55. The molecule has 0 aromatic heterocycles. The Bertz CT molecular complexity index is 484. The van der Waals surface area contributed by atoms with Gasteiger partial charge in [0, 0.05) is 6.42 Å². The van der Waals surface area contributed by atoms with Gasteiger partial charge in [0.05, 0.1) is 11.8 Å². The summed E-state index contributed by atoms with van der Waals surface area (Å²) < 4.78 is 25.5. The van der Waals surface area contributed by atoms with Gasteiger partial charge in [-0.3, -0.25) is 0 Å². The molecule has 0 aliphatic rings. The molecule has 5 nitrogen and oxygen atoms in total. The van der Waals surface area contributed by atoms with E-state index < -0.39 is 16.1 Å². The van der Waals surface area contributed by atoms with Crippen molar-refractivity contribution < 1.29 is 18.0 Å². The lowest BCUT2D eigenvalue weighted by Crippen LogP contribution is -2.38. The maximum absolute atomic E-state index is 11.7. The van der Waals surface area contributed by atoms with Gasteiger partial charge in [0.2, 0.25) is 10.0 Å². The molecule has 1 rings (SSSR count). The minimum absolute atomic E-state index is 0.111. The molecule has 6 heteroatoms. The molecule has 18 heavy (non-hydrogen) atoms. The van der Waals surface area contributed by atoms with Crippen LogP contribution in [-0.4, -0.2) is 32.8 Å². The molecule has 1 atom stereocenters. The molecule has 0 amide bonds. The molecule has 0 radical (unpaired) electrons. The van der Waals surface area contributed by atoms with Crippen LogP contribution in [0.5, 0.6) is 0 Å².